The van der Waals surface area contributed by atoms with E-state index in [1.54, 1.807) is 48.3 Å². The highest BCUT2D eigenvalue weighted by Gasteiger charge is 2.39. The number of carbonyl (C=O) groups is 2. The summed E-state index contributed by atoms with van der Waals surface area (Å²) >= 11 is 0. The van der Waals surface area contributed by atoms with Gasteiger partial charge in [0.1, 0.15) is 18.0 Å². The van der Waals surface area contributed by atoms with Crippen LogP contribution in [0.15, 0.2) is 48.7 Å². The summed E-state index contributed by atoms with van der Waals surface area (Å²) in [5, 5.41) is 6.10. The summed E-state index contributed by atoms with van der Waals surface area (Å²) in [6.45, 7) is 0.341. The van der Waals surface area contributed by atoms with E-state index >= 15 is 0 Å². The molecule has 2 aromatic carbocycles. The highest BCUT2D eigenvalue weighted by molar-refractivity contribution is 6.13. The molecule has 216 valence electrons. The number of para-hydroxylation sites is 1. The molecule has 0 bridgehead atoms. The number of piperidine rings is 1. The zero-order chi connectivity index (χ0) is 29.3. The third-order valence-corrected chi connectivity index (χ3v) is 7.20. The molecule has 5 rings (SSSR count). The maximum atomic E-state index is 13.5. The minimum Gasteiger partial charge on any atom is -0.495 e. The molecule has 2 aliphatic heterocycles. The van der Waals surface area contributed by atoms with Crippen molar-refractivity contribution in [1.82, 2.24) is 20.2 Å². The first kappa shape index (κ1) is 28.1. The molecule has 0 atom stereocenters. The van der Waals surface area contributed by atoms with Crippen molar-refractivity contribution in [3.05, 3.63) is 59.8 Å². The number of nitrogens with one attached hydrogen (secondary N) is 2. The number of anilines is 5. The van der Waals surface area contributed by atoms with Crippen molar-refractivity contribution in [2.45, 2.75) is 25.1 Å². The highest BCUT2D eigenvalue weighted by atomic mass is 19.4. The van der Waals surface area contributed by atoms with Crippen LogP contribution in [0.5, 0.6) is 5.75 Å². The predicted octanol–water partition coefficient (Wildman–Crippen LogP) is 4.34. The molecule has 0 saturated carbocycles. The molecule has 2 N–H and O–H groups in total. The average Bonchev–Trinajstić information content (AvgIpc) is 3.03. The Bertz CT molecular complexity index is 1460. The van der Waals surface area contributed by atoms with Crippen molar-refractivity contribution < 1.29 is 27.5 Å². The number of carbonyl (C=O) groups excluding carboxylic acids is 2. The second-order valence-corrected chi connectivity index (χ2v) is 10.1. The summed E-state index contributed by atoms with van der Waals surface area (Å²) in [5.74, 6) is -0.481. The van der Waals surface area contributed by atoms with Crippen molar-refractivity contribution in [3.8, 4) is 5.75 Å². The molecule has 0 spiro atoms. The first-order valence-electron chi connectivity index (χ1n) is 13.1. The standard InChI is InChI=1S/C28H30F3N7O3/c1-36-12-10-18(11-13-36)33-25(39)17-8-9-20(23(14-17)41-3)34-27-32-15-22-24(35-27)37(2)21-7-5-4-6-19(21)26(40)38(22)16-28(29,30)31/h4-9,14-15,18H,10-13,16H2,1-3H3,(H,33,39)(H,32,34,35). The number of alkyl halides is 3. The van der Waals surface area contributed by atoms with Crippen LogP contribution >= 0.6 is 0 Å². The van der Waals surface area contributed by atoms with Crippen LogP contribution < -0.4 is 25.2 Å². The average molecular weight is 570 g/mol. The highest BCUT2D eigenvalue weighted by Crippen LogP contribution is 2.40. The van der Waals surface area contributed by atoms with E-state index in [4.69, 9.17) is 4.74 Å². The van der Waals surface area contributed by atoms with Crippen molar-refractivity contribution in [2.24, 2.45) is 0 Å². The van der Waals surface area contributed by atoms with E-state index in [0.29, 0.717) is 27.6 Å². The van der Waals surface area contributed by atoms with Gasteiger partial charge in [-0.05, 0) is 63.3 Å². The van der Waals surface area contributed by atoms with Crippen LogP contribution in [0.3, 0.4) is 0 Å². The number of rotatable bonds is 6. The molecular formula is C28H30F3N7O3. The Balaban J connectivity index is 1.43. The van der Waals surface area contributed by atoms with E-state index in [2.05, 4.69) is 32.5 Å². The Morgan fingerprint density at radius 2 is 1.83 bits per heavy atom. The quantitative estimate of drug-likeness (QED) is 0.452. The number of halogens is 3. The Hall–Kier alpha value is -4.39. The monoisotopic (exact) mass is 569 g/mol. The number of nitrogens with zero attached hydrogens (tertiary/aromatic N) is 5. The van der Waals surface area contributed by atoms with Gasteiger partial charge in [-0.3, -0.25) is 14.5 Å². The fourth-order valence-electron chi connectivity index (χ4n) is 4.99. The lowest BCUT2D eigenvalue weighted by atomic mass is 10.0. The third-order valence-electron chi connectivity index (χ3n) is 7.20. The Morgan fingerprint density at radius 3 is 2.54 bits per heavy atom. The minimum atomic E-state index is -4.64. The molecule has 1 fully saturated rings. The Labute approximate surface area is 235 Å². The van der Waals surface area contributed by atoms with Crippen molar-refractivity contribution >= 4 is 40.6 Å². The van der Waals surface area contributed by atoms with E-state index in [-0.39, 0.29) is 35.0 Å². The third kappa shape index (κ3) is 6.04. The van der Waals surface area contributed by atoms with Crippen LogP contribution in [0.1, 0.15) is 33.6 Å². The van der Waals surface area contributed by atoms with E-state index in [1.807, 2.05) is 0 Å². The van der Waals surface area contributed by atoms with E-state index in [0.717, 1.165) is 25.9 Å². The number of aromatic nitrogens is 2. The number of hydrogen-bond acceptors (Lipinski definition) is 8. The number of methoxy groups -OCH3 is 1. The summed E-state index contributed by atoms with van der Waals surface area (Å²) in [4.78, 5) is 39.2. The van der Waals surface area contributed by atoms with Crippen LogP contribution in [0.25, 0.3) is 0 Å². The van der Waals surface area contributed by atoms with E-state index in [1.165, 1.54) is 19.4 Å². The SMILES string of the molecule is COc1cc(C(=O)NC2CCN(C)CC2)ccc1Nc1ncc2c(n1)N(C)c1ccccc1C(=O)N2CC(F)(F)F. The fourth-order valence-corrected chi connectivity index (χ4v) is 4.99. The summed E-state index contributed by atoms with van der Waals surface area (Å²) < 4.78 is 46.0. The lowest BCUT2D eigenvalue weighted by Gasteiger charge is -2.29. The smallest absolute Gasteiger partial charge is 0.406 e. The zero-order valence-electron chi connectivity index (χ0n) is 22.8. The zero-order valence-corrected chi connectivity index (χ0v) is 22.8. The molecular weight excluding hydrogens is 539 g/mol. The molecule has 0 unspecified atom stereocenters. The minimum absolute atomic E-state index is 0.0659. The molecule has 2 amide bonds. The molecule has 10 nitrogen and oxygen atoms in total. The van der Waals surface area contributed by atoms with E-state index < -0.39 is 18.6 Å². The molecule has 3 heterocycles. The van der Waals surface area contributed by atoms with Gasteiger partial charge in [-0.15, -0.1) is 0 Å². The Kier molecular flexibility index (Phi) is 7.72. The summed E-state index contributed by atoms with van der Waals surface area (Å²) in [5.41, 5.74) is 1.31. The summed E-state index contributed by atoms with van der Waals surface area (Å²) in [6, 6.07) is 11.4. The number of ether oxygens (including phenoxy) is 1. The summed E-state index contributed by atoms with van der Waals surface area (Å²) in [7, 11) is 5.14. The second-order valence-electron chi connectivity index (χ2n) is 10.1. The number of likely N-dealkylation sites (tertiary alicyclic amines) is 1. The van der Waals surface area contributed by atoms with Gasteiger partial charge in [0, 0.05) is 18.7 Å². The Morgan fingerprint density at radius 1 is 1.10 bits per heavy atom. The number of hydrogen-bond donors (Lipinski definition) is 2. The van der Waals surface area contributed by atoms with Crippen LogP contribution in [0, 0.1) is 0 Å². The van der Waals surface area contributed by atoms with Gasteiger partial charge in [-0.1, -0.05) is 12.1 Å². The van der Waals surface area contributed by atoms with Crippen LogP contribution in [0.4, 0.5) is 42.0 Å². The number of amides is 2. The second kappa shape index (κ2) is 11.2. The largest absolute Gasteiger partial charge is 0.495 e. The number of benzene rings is 2. The molecule has 1 saturated heterocycles. The lowest BCUT2D eigenvalue weighted by Crippen LogP contribution is -2.43. The topological polar surface area (TPSA) is 103 Å². The van der Waals surface area contributed by atoms with Crippen LogP contribution in [0.2, 0.25) is 0 Å². The first-order chi connectivity index (χ1) is 19.5. The lowest BCUT2D eigenvalue weighted by molar-refractivity contribution is -0.118. The molecule has 13 heteroatoms. The predicted molar refractivity (Wildman–Crippen MR) is 149 cm³/mol. The van der Waals surface area contributed by atoms with Gasteiger partial charge in [0.15, 0.2) is 5.82 Å². The molecule has 3 aromatic rings. The van der Waals surface area contributed by atoms with Crippen molar-refractivity contribution in [1.29, 1.82) is 0 Å². The van der Waals surface area contributed by atoms with Gasteiger partial charge >= 0.3 is 6.18 Å². The maximum Gasteiger partial charge on any atom is 0.406 e. The van der Waals surface area contributed by atoms with Gasteiger partial charge in [0.2, 0.25) is 5.95 Å². The van der Waals surface area contributed by atoms with Crippen molar-refractivity contribution in [3.63, 3.8) is 0 Å². The molecule has 1 aromatic heterocycles. The normalized spacial score (nSPS) is 16.1. The van der Waals surface area contributed by atoms with Gasteiger partial charge in [0.25, 0.3) is 11.8 Å². The van der Waals surface area contributed by atoms with Crippen molar-refractivity contribution in [2.75, 3.05) is 56.0 Å². The summed E-state index contributed by atoms with van der Waals surface area (Å²) in [6.07, 6.45) is -1.71. The maximum absolute atomic E-state index is 13.5. The molecule has 41 heavy (non-hydrogen) atoms. The first-order valence-corrected chi connectivity index (χ1v) is 13.1. The van der Waals surface area contributed by atoms with Crippen LogP contribution in [-0.2, 0) is 0 Å². The van der Waals surface area contributed by atoms with E-state index in [9.17, 15) is 22.8 Å². The molecule has 2 aliphatic rings. The molecule has 0 aliphatic carbocycles. The van der Waals surface area contributed by atoms with Gasteiger partial charge < -0.3 is 25.2 Å². The van der Waals surface area contributed by atoms with Crippen LogP contribution in [-0.4, -0.2) is 79.7 Å². The fraction of sp³-hybridized carbons (Fsp3) is 0.357. The molecule has 0 radical (unpaired) electrons. The van der Waals surface area contributed by atoms with Gasteiger partial charge in [-0.25, -0.2) is 4.98 Å². The number of fused-ring (bicyclic) bond motifs is 2. The van der Waals surface area contributed by atoms with Gasteiger partial charge in [0.05, 0.1) is 30.2 Å². The van der Waals surface area contributed by atoms with Gasteiger partial charge in [-0.2, -0.15) is 18.2 Å².